The number of benzene rings is 1. The summed E-state index contributed by atoms with van der Waals surface area (Å²) in [7, 11) is 0. The Labute approximate surface area is 102 Å². The average molecular weight is 233 g/mol. The lowest BCUT2D eigenvalue weighted by molar-refractivity contribution is -0.121. The van der Waals surface area contributed by atoms with Gasteiger partial charge < -0.3 is 10.6 Å². The number of carbonyl (C=O) groups is 1. The van der Waals surface area contributed by atoms with Crippen molar-refractivity contribution >= 4 is 17.3 Å². The molecule has 4 heteroatoms. The number of nitrogens with two attached hydrogens (primary N) is 1. The van der Waals surface area contributed by atoms with E-state index in [-0.39, 0.29) is 5.91 Å². The zero-order valence-corrected chi connectivity index (χ0v) is 10.4. The highest BCUT2D eigenvalue weighted by atomic mass is 16.2. The largest absolute Gasteiger partial charge is 0.399 e. The van der Waals surface area contributed by atoms with Crippen LogP contribution < -0.4 is 10.6 Å². The van der Waals surface area contributed by atoms with E-state index in [1.54, 1.807) is 0 Å². The van der Waals surface area contributed by atoms with E-state index in [4.69, 9.17) is 5.73 Å². The molecule has 0 saturated carbocycles. The zero-order chi connectivity index (χ0) is 12.4. The van der Waals surface area contributed by atoms with E-state index in [9.17, 15) is 4.79 Å². The number of hydrogen-bond acceptors (Lipinski definition) is 3. The van der Waals surface area contributed by atoms with Crippen LogP contribution in [0, 0.1) is 0 Å². The maximum atomic E-state index is 12.0. The Kier molecular flexibility index (Phi) is 3.33. The van der Waals surface area contributed by atoms with Crippen molar-refractivity contribution in [3.8, 4) is 0 Å². The third kappa shape index (κ3) is 2.58. The summed E-state index contributed by atoms with van der Waals surface area (Å²) in [6.07, 6.45) is 0. The third-order valence-electron chi connectivity index (χ3n) is 3.19. The topological polar surface area (TPSA) is 49.6 Å². The maximum Gasteiger partial charge on any atom is 0.241 e. The van der Waals surface area contributed by atoms with Crippen molar-refractivity contribution in [3.63, 3.8) is 0 Å². The summed E-state index contributed by atoms with van der Waals surface area (Å²) in [5.41, 5.74) is 7.30. The third-order valence-corrected chi connectivity index (χ3v) is 3.19. The van der Waals surface area contributed by atoms with Crippen LogP contribution in [-0.4, -0.2) is 36.5 Å². The number of anilines is 2. The lowest BCUT2D eigenvalue weighted by Gasteiger charge is -2.36. The van der Waals surface area contributed by atoms with Crippen LogP contribution in [-0.2, 0) is 4.79 Å². The Bertz CT molecular complexity index is 400. The van der Waals surface area contributed by atoms with Crippen LogP contribution in [0.3, 0.4) is 0 Å². The lowest BCUT2D eigenvalue weighted by Crippen LogP contribution is -2.52. The minimum absolute atomic E-state index is 0.162. The number of amides is 1. The molecule has 4 nitrogen and oxygen atoms in total. The average Bonchev–Trinajstić information content (AvgIpc) is 2.30. The summed E-state index contributed by atoms with van der Waals surface area (Å²) in [5.74, 6) is 0.162. The van der Waals surface area contributed by atoms with Crippen molar-refractivity contribution in [2.24, 2.45) is 0 Å². The molecule has 1 heterocycles. The second kappa shape index (κ2) is 4.75. The van der Waals surface area contributed by atoms with Crippen LogP contribution in [0.25, 0.3) is 0 Å². The Balaban J connectivity index is 2.09. The Morgan fingerprint density at radius 1 is 1.18 bits per heavy atom. The fraction of sp³-hybridized carbons (Fsp3) is 0.462. The van der Waals surface area contributed by atoms with Gasteiger partial charge in [0.25, 0.3) is 0 Å². The second-order valence-electron chi connectivity index (χ2n) is 4.70. The minimum Gasteiger partial charge on any atom is -0.399 e. The molecule has 1 saturated heterocycles. The Morgan fingerprint density at radius 3 is 2.35 bits per heavy atom. The van der Waals surface area contributed by atoms with Gasteiger partial charge in [-0.25, -0.2) is 0 Å². The molecule has 92 valence electrons. The molecule has 0 radical (unpaired) electrons. The summed E-state index contributed by atoms with van der Waals surface area (Å²) in [5, 5.41) is 0. The lowest BCUT2D eigenvalue weighted by atomic mass is 10.2. The van der Waals surface area contributed by atoms with Gasteiger partial charge in [-0.05, 0) is 38.1 Å². The van der Waals surface area contributed by atoms with Crippen LogP contribution in [0.1, 0.15) is 13.8 Å². The van der Waals surface area contributed by atoms with Gasteiger partial charge >= 0.3 is 0 Å². The smallest absolute Gasteiger partial charge is 0.241 e. The molecular weight excluding hydrogens is 214 g/mol. The number of hydrogen-bond donors (Lipinski definition) is 1. The molecule has 2 rings (SSSR count). The summed E-state index contributed by atoms with van der Waals surface area (Å²) < 4.78 is 0. The Hall–Kier alpha value is -1.55. The molecule has 1 aliphatic heterocycles. The summed E-state index contributed by atoms with van der Waals surface area (Å²) in [6, 6.07) is 7.89. The standard InChI is InChI=1S/C13H19N3O/c1-10(2)15-7-8-16(13(17)9-15)12-5-3-11(14)4-6-12/h3-6,10H,7-9,14H2,1-2H3. The number of carbonyl (C=O) groups excluding carboxylic acids is 1. The molecule has 1 aliphatic rings. The van der Waals surface area contributed by atoms with Gasteiger partial charge in [0.05, 0.1) is 6.54 Å². The predicted octanol–water partition coefficient (Wildman–Crippen LogP) is 1.33. The van der Waals surface area contributed by atoms with E-state index in [1.165, 1.54) is 0 Å². The maximum absolute atomic E-state index is 12.0. The monoisotopic (exact) mass is 233 g/mol. The molecule has 0 spiro atoms. The molecule has 0 atom stereocenters. The first-order valence-electron chi connectivity index (χ1n) is 5.98. The van der Waals surface area contributed by atoms with Gasteiger partial charge in [0.1, 0.15) is 0 Å². The van der Waals surface area contributed by atoms with E-state index in [2.05, 4.69) is 18.7 Å². The molecule has 1 aromatic carbocycles. The van der Waals surface area contributed by atoms with Crippen LogP contribution in [0.15, 0.2) is 24.3 Å². The molecule has 17 heavy (non-hydrogen) atoms. The number of nitrogens with zero attached hydrogens (tertiary/aromatic N) is 2. The van der Waals surface area contributed by atoms with Gasteiger partial charge in [0, 0.05) is 30.5 Å². The van der Waals surface area contributed by atoms with Crippen molar-refractivity contribution in [2.45, 2.75) is 19.9 Å². The first kappa shape index (κ1) is 11.9. The fourth-order valence-electron chi connectivity index (χ4n) is 2.06. The van der Waals surface area contributed by atoms with Gasteiger partial charge in [-0.2, -0.15) is 0 Å². The van der Waals surface area contributed by atoms with Gasteiger partial charge in [0.15, 0.2) is 0 Å². The SMILES string of the molecule is CC(C)N1CCN(c2ccc(N)cc2)C(=O)C1. The summed E-state index contributed by atoms with van der Waals surface area (Å²) in [4.78, 5) is 16.1. The van der Waals surface area contributed by atoms with Crippen molar-refractivity contribution in [2.75, 3.05) is 30.3 Å². The van der Waals surface area contributed by atoms with E-state index < -0.39 is 0 Å². The minimum atomic E-state index is 0.162. The van der Waals surface area contributed by atoms with Gasteiger partial charge in [0.2, 0.25) is 5.91 Å². The molecule has 1 fully saturated rings. The fourth-order valence-corrected chi connectivity index (χ4v) is 2.06. The first-order chi connectivity index (χ1) is 8.08. The molecular formula is C13H19N3O. The number of nitrogen functional groups attached to an aromatic ring is 1. The van der Waals surface area contributed by atoms with Crippen molar-refractivity contribution in [3.05, 3.63) is 24.3 Å². The normalized spacial score (nSPS) is 17.8. The number of piperazine rings is 1. The highest BCUT2D eigenvalue weighted by Gasteiger charge is 2.26. The summed E-state index contributed by atoms with van der Waals surface area (Å²) in [6.45, 7) is 6.41. The van der Waals surface area contributed by atoms with Gasteiger partial charge in [-0.15, -0.1) is 0 Å². The highest BCUT2D eigenvalue weighted by molar-refractivity contribution is 5.95. The number of rotatable bonds is 2. The van der Waals surface area contributed by atoms with Gasteiger partial charge in [-0.1, -0.05) is 0 Å². The molecule has 0 unspecified atom stereocenters. The first-order valence-corrected chi connectivity index (χ1v) is 5.98. The Morgan fingerprint density at radius 2 is 1.82 bits per heavy atom. The van der Waals surface area contributed by atoms with Crippen LogP contribution in [0.4, 0.5) is 11.4 Å². The molecule has 1 amide bonds. The van der Waals surface area contributed by atoms with Crippen LogP contribution in [0.2, 0.25) is 0 Å². The van der Waals surface area contributed by atoms with Crippen molar-refractivity contribution in [1.29, 1.82) is 0 Å². The van der Waals surface area contributed by atoms with E-state index in [0.717, 1.165) is 24.5 Å². The molecule has 0 aliphatic carbocycles. The van der Waals surface area contributed by atoms with Crippen LogP contribution >= 0.6 is 0 Å². The van der Waals surface area contributed by atoms with E-state index in [1.807, 2.05) is 29.2 Å². The van der Waals surface area contributed by atoms with Crippen molar-refractivity contribution < 1.29 is 4.79 Å². The molecule has 1 aromatic rings. The predicted molar refractivity (Wildman–Crippen MR) is 69.9 cm³/mol. The second-order valence-corrected chi connectivity index (χ2v) is 4.70. The highest BCUT2D eigenvalue weighted by Crippen LogP contribution is 2.19. The van der Waals surface area contributed by atoms with Gasteiger partial charge in [-0.3, -0.25) is 9.69 Å². The quantitative estimate of drug-likeness (QED) is 0.784. The van der Waals surface area contributed by atoms with Crippen LogP contribution in [0.5, 0.6) is 0 Å². The van der Waals surface area contributed by atoms with Crippen molar-refractivity contribution in [1.82, 2.24) is 4.90 Å². The van der Waals surface area contributed by atoms with E-state index in [0.29, 0.717) is 12.6 Å². The molecule has 0 aromatic heterocycles. The van der Waals surface area contributed by atoms with E-state index >= 15 is 0 Å². The molecule has 2 N–H and O–H groups in total. The molecule has 0 bridgehead atoms. The summed E-state index contributed by atoms with van der Waals surface area (Å²) >= 11 is 0. The zero-order valence-electron chi connectivity index (χ0n) is 10.4.